The highest BCUT2D eigenvalue weighted by molar-refractivity contribution is 5.92. The van der Waals surface area contributed by atoms with Crippen molar-refractivity contribution < 1.29 is 29.3 Å². The van der Waals surface area contributed by atoms with Crippen molar-refractivity contribution in [1.82, 2.24) is 25.9 Å². The number of amides is 3. The van der Waals surface area contributed by atoms with Crippen LogP contribution < -0.4 is 26.4 Å². The number of carbonyl (C=O) groups excluding carboxylic acids is 3. The monoisotopic (exact) mass is 674 g/mol. The molecule has 8 N–H and O–H groups in total. The number of aliphatic hydroxyl groups excluding tert-OH is 2. The van der Waals surface area contributed by atoms with Gasteiger partial charge in [0.1, 0.15) is 23.9 Å². The average molecular weight is 675 g/mol. The number of benzene rings is 2. The van der Waals surface area contributed by atoms with Crippen LogP contribution in [0.3, 0.4) is 0 Å². The number of imidazole rings is 1. The predicted molar refractivity (Wildman–Crippen MR) is 185 cm³/mol. The quantitative estimate of drug-likeness (QED) is 0.106. The Kier molecular flexibility index (Phi) is 12.7. The number of rotatable bonds is 17. The van der Waals surface area contributed by atoms with Gasteiger partial charge in [-0.2, -0.15) is 0 Å². The molecule has 264 valence electrons. The first-order valence-electron chi connectivity index (χ1n) is 17.4. The van der Waals surface area contributed by atoms with Gasteiger partial charge in [0.15, 0.2) is 0 Å². The van der Waals surface area contributed by atoms with Crippen molar-refractivity contribution in [3.8, 4) is 5.75 Å². The van der Waals surface area contributed by atoms with Crippen molar-refractivity contribution in [3.63, 3.8) is 0 Å². The van der Waals surface area contributed by atoms with Gasteiger partial charge in [0.25, 0.3) is 0 Å². The Morgan fingerprint density at radius 3 is 2.16 bits per heavy atom. The summed E-state index contributed by atoms with van der Waals surface area (Å²) in [6.07, 6.45) is 8.96. The Labute approximate surface area is 287 Å². The van der Waals surface area contributed by atoms with E-state index in [0.717, 1.165) is 49.7 Å². The molecule has 0 saturated heterocycles. The number of nitrogens with zero attached hydrogens (tertiary/aromatic N) is 1. The Morgan fingerprint density at radius 2 is 1.53 bits per heavy atom. The predicted octanol–water partition coefficient (Wildman–Crippen LogP) is 2.59. The Morgan fingerprint density at radius 1 is 0.878 bits per heavy atom. The van der Waals surface area contributed by atoms with E-state index in [1.807, 2.05) is 12.1 Å². The molecule has 2 aromatic carbocycles. The van der Waals surface area contributed by atoms with Crippen molar-refractivity contribution in [3.05, 3.63) is 77.9 Å². The van der Waals surface area contributed by atoms with Crippen LogP contribution in [0.1, 0.15) is 68.2 Å². The summed E-state index contributed by atoms with van der Waals surface area (Å²) in [5, 5.41) is 30.9. The minimum atomic E-state index is -1.13. The lowest BCUT2D eigenvalue weighted by molar-refractivity contribution is -0.133. The highest BCUT2D eigenvalue weighted by Gasteiger charge is 2.40. The lowest BCUT2D eigenvalue weighted by Crippen LogP contribution is -2.58. The number of nitrogen functional groups attached to an aromatic ring is 1. The number of nitrogens with one attached hydrogen (secondary N) is 4. The molecular weight excluding hydrogens is 624 g/mol. The summed E-state index contributed by atoms with van der Waals surface area (Å²) in [5.74, 6) is -0.378. The van der Waals surface area contributed by atoms with E-state index in [0.29, 0.717) is 29.5 Å². The molecule has 3 aromatic rings. The molecule has 12 heteroatoms. The maximum Gasteiger partial charge on any atom is 0.243 e. The van der Waals surface area contributed by atoms with Gasteiger partial charge < -0.3 is 41.6 Å². The number of hydrogen-bond acceptors (Lipinski definition) is 8. The molecule has 1 aromatic heterocycles. The number of methoxy groups -OCH3 is 1. The number of anilines is 1. The maximum atomic E-state index is 14.0. The maximum absolute atomic E-state index is 14.0. The van der Waals surface area contributed by atoms with Gasteiger partial charge in [-0.25, -0.2) is 4.98 Å². The fourth-order valence-corrected chi connectivity index (χ4v) is 6.67. The number of aromatic nitrogens is 2. The molecular formula is C37H50N6O6. The van der Waals surface area contributed by atoms with Crippen LogP contribution in [0.5, 0.6) is 5.75 Å². The highest BCUT2D eigenvalue weighted by atomic mass is 16.5. The molecule has 2 aliphatic carbocycles. The van der Waals surface area contributed by atoms with E-state index in [1.54, 1.807) is 49.7 Å². The van der Waals surface area contributed by atoms with Crippen LogP contribution in [0.15, 0.2) is 61.1 Å². The van der Waals surface area contributed by atoms with Gasteiger partial charge in [0.2, 0.25) is 17.7 Å². The first kappa shape index (κ1) is 35.9. The van der Waals surface area contributed by atoms with Gasteiger partial charge >= 0.3 is 0 Å². The molecule has 0 radical (unpaired) electrons. The van der Waals surface area contributed by atoms with Crippen molar-refractivity contribution in [2.24, 2.45) is 11.8 Å². The largest absolute Gasteiger partial charge is 0.497 e. The third-order valence-corrected chi connectivity index (χ3v) is 9.71. The molecule has 1 heterocycles. The van der Waals surface area contributed by atoms with Crippen LogP contribution in [0.2, 0.25) is 0 Å². The molecule has 0 bridgehead atoms. The Balaban J connectivity index is 1.34. The Hall–Kier alpha value is -4.42. The summed E-state index contributed by atoms with van der Waals surface area (Å²) in [6.45, 7) is 0. The second kappa shape index (κ2) is 17.3. The fraction of sp³-hybridized carbons (Fsp3) is 0.514. The first-order valence-corrected chi connectivity index (χ1v) is 17.4. The lowest BCUT2D eigenvalue weighted by Gasteiger charge is -2.33. The second-order valence-electron chi connectivity index (χ2n) is 13.6. The smallest absolute Gasteiger partial charge is 0.243 e. The number of carbonyl (C=O) groups is 3. The van der Waals surface area contributed by atoms with Gasteiger partial charge in [0, 0.05) is 30.4 Å². The van der Waals surface area contributed by atoms with E-state index >= 15 is 0 Å². The van der Waals surface area contributed by atoms with Crippen LogP contribution in [-0.2, 0) is 33.6 Å². The molecule has 2 saturated carbocycles. The zero-order valence-corrected chi connectivity index (χ0v) is 28.1. The van der Waals surface area contributed by atoms with Gasteiger partial charge in [-0.1, -0.05) is 56.4 Å². The molecule has 5 rings (SSSR count). The zero-order chi connectivity index (χ0) is 34.8. The topological polar surface area (TPSA) is 192 Å². The van der Waals surface area contributed by atoms with Crippen molar-refractivity contribution in [2.75, 3.05) is 12.8 Å². The molecule has 12 nitrogen and oxygen atoms in total. The number of H-pyrrole nitrogens is 1. The summed E-state index contributed by atoms with van der Waals surface area (Å²) in [7, 11) is 1.57. The number of aliphatic hydroxyl groups is 2. The highest BCUT2D eigenvalue weighted by Crippen LogP contribution is 2.36. The molecule has 2 fully saturated rings. The standard InChI is InChI=1S/C37H50N6O6/c1-49-29-15-9-24(10-16-29)18-31(41-33(44)19-25-7-13-27(38)14-8-25)36(47)43-32(20-28-21-39-22-40-28)37(48)42-30(17-23-5-3-2-4-6-23)35(46)34(45)26-11-12-26/h7-10,13-16,21-23,26,30-32,34-35,45-46H,2-6,11-12,17-20,38H2,1H3,(H,39,40)(H,41,44)(H,42,48)(H,43,47)/t30-,31-,32-,34-,35+/m0/s1. The molecule has 0 unspecified atom stereocenters. The van der Waals surface area contributed by atoms with E-state index in [2.05, 4.69) is 25.9 Å². The number of ether oxygens (including phenoxy) is 1. The normalized spacial score (nSPS) is 18.0. The fourth-order valence-electron chi connectivity index (χ4n) is 6.67. The molecule has 0 spiro atoms. The summed E-state index contributed by atoms with van der Waals surface area (Å²) in [6, 6.07) is 11.4. The Bertz CT molecular complexity index is 1490. The molecule has 0 aliphatic heterocycles. The number of nitrogens with two attached hydrogens (primary N) is 1. The van der Waals surface area contributed by atoms with E-state index in [9.17, 15) is 24.6 Å². The molecule has 2 aliphatic rings. The summed E-state index contributed by atoms with van der Waals surface area (Å²) in [5.41, 5.74) is 8.53. The van der Waals surface area contributed by atoms with Crippen molar-refractivity contribution in [1.29, 1.82) is 0 Å². The molecule has 49 heavy (non-hydrogen) atoms. The number of aromatic amines is 1. The lowest BCUT2D eigenvalue weighted by atomic mass is 9.82. The van der Waals surface area contributed by atoms with Crippen LogP contribution >= 0.6 is 0 Å². The van der Waals surface area contributed by atoms with E-state index in [4.69, 9.17) is 10.5 Å². The third kappa shape index (κ3) is 10.8. The molecule has 3 amide bonds. The van der Waals surface area contributed by atoms with Crippen LogP contribution in [0, 0.1) is 11.8 Å². The zero-order valence-electron chi connectivity index (χ0n) is 28.1. The number of hydrogen-bond donors (Lipinski definition) is 7. The summed E-state index contributed by atoms with van der Waals surface area (Å²) >= 11 is 0. The van der Waals surface area contributed by atoms with Crippen molar-refractivity contribution in [2.45, 2.75) is 101 Å². The van der Waals surface area contributed by atoms with E-state index in [-0.39, 0.29) is 31.1 Å². The SMILES string of the molecule is COc1ccc(C[C@H](NC(=O)Cc2ccc(N)cc2)C(=O)N[C@@H](Cc2cnc[nH]2)C(=O)N[C@@H](CC2CCCCC2)[C@@H](O)[C@@H](O)C2CC2)cc1. The molecule has 5 atom stereocenters. The van der Waals surface area contributed by atoms with E-state index < -0.39 is 42.1 Å². The van der Waals surface area contributed by atoms with Crippen LogP contribution in [-0.4, -0.2) is 75.3 Å². The average Bonchev–Trinajstić information content (AvgIpc) is 3.83. The van der Waals surface area contributed by atoms with E-state index in [1.165, 1.54) is 12.7 Å². The minimum absolute atomic E-state index is 0.0248. The summed E-state index contributed by atoms with van der Waals surface area (Å²) < 4.78 is 5.27. The van der Waals surface area contributed by atoms with Crippen LogP contribution in [0.25, 0.3) is 0 Å². The summed E-state index contributed by atoms with van der Waals surface area (Å²) in [4.78, 5) is 48.4. The van der Waals surface area contributed by atoms with Gasteiger partial charge in [-0.15, -0.1) is 0 Å². The third-order valence-electron chi connectivity index (χ3n) is 9.71. The van der Waals surface area contributed by atoms with Gasteiger partial charge in [-0.3, -0.25) is 14.4 Å². The first-order chi connectivity index (χ1) is 23.7. The van der Waals surface area contributed by atoms with Gasteiger partial charge in [0.05, 0.1) is 32.0 Å². The second-order valence-corrected chi connectivity index (χ2v) is 13.6. The van der Waals surface area contributed by atoms with Gasteiger partial charge in [-0.05, 0) is 66.5 Å². The van der Waals surface area contributed by atoms with Crippen molar-refractivity contribution >= 4 is 23.4 Å². The van der Waals surface area contributed by atoms with Crippen LogP contribution in [0.4, 0.5) is 5.69 Å². The minimum Gasteiger partial charge on any atom is -0.497 e.